The minimum atomic E-state index is -1.02. The SMILES string of the molecule is Cc1cccc(C)c1NC(=O)C1(N(Cc2ccco2)C(=O)c2ccccc2Cl)CCC(C)CC1. The van der Waals surface area contributed by atoms with Crippen LogP contribution in [0.4, 0.5) is 5.69 Å². The highest BCUT2D eigenvalue weighted by Crippen LogP contribution is 2.40. The summed E-state index contributed by atoms with van der Waals surface area (Å²) in [5.41, 5.74) is 2.14. The average Bonchev–Trinajstić information content (AvgIpc) is 3.34. The Morgan fingerprint density at radius 3 is 2.32 bits per heavy atom. The van der Waals surface area contributed by atoms with Gasteiger partial charge in [-0.3, -0.25) is 9.59 Å². The number of aryl methyl sites for hydroxylation is 2. The van der Waals surface area contributed by atoms with Gasteiger partial charge in [0.2, 0.25) is 5.91 Å². The number of nitrogens with one attached hydrogen (secondary N) is 1. The van der Waals surface area contributed by atoms with Crippen LogP contribution in [0.3, 0.4) is 0 Å². The van der Waals surface area contributed by atoms with Gasteiger partial charge in [0, 0.05) is 5.69 Å². The number of anilines is 1. The topological polar surface area (TPSA) is 62.6 Å². The van der Waals surface area contributed by atoms with E-state index in [1.807, 2.05) is 38.1 Å². The highest BCUT2D eigenvalue weighted by Gasteiger charge is 2.49. The van der Waals surface area contributed by atoms with Gasteiger partial charge in [0.05, 0.1) is 23.4 Å². The zero-order valence-electron chi connectivity index (χ0n) is 19.9. The van der Waals surface area contributed by atoms with Crippen LogP contribution in [0.5, 0.6) is 0 Å². The summed E-state index contributed by atoms with van der Waals surface area (Å²) in [6.45, 7) is 6.34. The number of rotatable bonds is 6. The second-order valence-electron chi connectivity index (χ2n) is 9.39. The molecule has 0 atom stereocenters. The molecule has 0 spiro atoms. The fraction of sp³-hybridized carbons (Fsp3) is 0.357. The number of nitrogens with zero attached hydrogens (tertiary/aromatic N) is 1. The third-order valence-corrected chi connectivity index (χ3v) is 7.33. The van der Waals surface area contributed by atoms with Crippen molar-refractivity contribution >= 4 is 29.1 Å². The van der Waals surface area contributed by atoms with E-state index in [1.54, 1.807) is 41.5 Å². The third kappa shape index (κ3) is 4.76. The van der Waals surface area contributed by atoms with Crippen molar-refractivity contribution in [3.63, 3.8) is 0 Å². The Hall–Kier alpha value is -3.05. The lowest BCUT2D eigenvalue weighted by Gasteiger charge is -2.46. The van der Waals surface area contributed by atoms with Crippen LogP contribution in [-0.2, 0) is 11.3 Å². The third-order valence-electron chi connectivity index (χ3n) is 7.00. The predicted molar refractivity (Wildman–Crippen MR) is 135 cm³/mol. The summed E-state index contributed by atoms with van der Waals surface area (Å²) >= 11 is 6.43. The van der Waals surface area contributed by atoms with E-state index < -0.39 is 5.54 Å². The lowest BCUT2D eigenvalue weighted by molar-refractivity contribution is -0.130. The molecule has 0 aliphatic heterocycles. The molecule has 3 aromatic rings. The second-order valence-corrected chi connectivity index (χ2v) is 9.79. The fourth-order valence-corrected chi connectivity index (χ4v) is 5.07. The van der Waals surface area contributed by atoms with E-state index in [0.717, 1.165) is 29.7 Å². The van der Waals surface area contributed by atoms with E-state index in [2.05, 4.69) is 12.2 Å². The number of carbonyl (C=O) groups excluding carboxylic acids is 2. The molecule has 1 N–H and O–H groups in total. The first-order chi connectivity index (χ1) is 16.3. The lowest BCUT2D eigenvalue weighted by Crippen LogP contribution is -2.60. The summed E-state index contributed by atoms with van der Waals surface area (Å²) in [4.78, 5) is 29.8. The summed E-state index contributed by atoms with van der Waals surface area (Å²) in [6, 6.07) is 16.5. The Morgan fingerprint density at radius 1 is 1.03 bits per heavy atom. The van der Waals surface area contributed by atoms with Crippen LogP contribution in [0.1, 0.15) is 59.9 Å². The van der Waals surface area contributed by atoms with Crippen LogP contribution in [0, 0.1) is 19.8 Å². The van der Waals surface area contributed by atoms with Crippen molar-refractivity contribution in [3.05, 3.63) is 88.3 Å². The molecule has 4 rings (SSSR count). The summed E-state index contributed by atoms with van der Waals surface area (Å²) in [5.74, 6) is 0.678. The number of furan rings is 1. The second kappa shape index (κ2) is 10.1. The Kier molecular flexibility index (Phi) is 7.13. The molecule has 178 valence electrons. The van der Waals surface area contributed by atoms with Gasteiger partial charge < -0.3 is 14.6 Å². The van der Waals surface area contributed by atoms with Crippen molar-refractivity contribution in [1.82, 2.24) is 4.90 Å². The average molecular weight is 479 g/mol. The molecule has 0 unspecified atom stereocenters. The van der Waals surface area contributed by atoms with Gasteiger partial charge in [0.1, 0.15) is 11.3 Å². The van der Waals surface area contributed by atoms with Crippen molar-refractivity contribution in [2.24, 2.45) is 5.92 Å². The van der Waals surface area contributed by atoms with Gasteiger partial charge in [0.15, 0.2) is 0 Å². The molecule has 5 nitrogen and oxygen atoms in total. The quantitative estimate of drug-likeness (QED) is 0.424. The molecule has 1 fully saturated rings. The summed E-state index contributed by atoms with van der Waals surface area (Å²) < 4.78 is 5.61. The molecular formula is C28H31ClN2O3. The maximum atomic E-state index is 14.1. The van der Waals surface area contributed by atoms with Crippen molar-refractivity contribution in [1.29, 1.82) is 0 Å². The van der Waals surface area contributed by atoms with Crippen LogP contribution in [0.15, 0.2) is 65.3 Å². The van der Waals surface area contributed by atoms with Crippen LogP contribution < -0.4 is 5.32 Å². The van der Waals surface area contributed by atoms with Gasteiger partial charge in [-0.1, -0.05) is 48.9 Å². The highest BCUT2D eigenvalue weighted by molar-refractivity contribution is 6.33. The lowest BCUT2D eigenvalue weighted by atomic mass is 9.74. The van der Waals surface area contributed by atoms with Gasteiger partial charge in [-0.15, -0.1) is 0 Å². The number of amides is 2. The zero-order valence-corrected chi connectivity index (χ0v) is 20.7. The van der Waals surface area contributed by atoms with Crippen LogP contribution >= 0.6 is 11.6 Å². The highest BCUT2D eigenvalue weighted by atomic mass is 35.5. The van der Waals surface area contributed by atoms with Crippen molar-refractivity contribution in [3.8, 4) is 0 Å². The molecule has 6 heteroatoms. The molecular weight excluding hydrogens is 448 g/mol. The van der Waals surface area contributed by atoms with Gasteiger partial charge in [-0.2, -0.15) is 0 Å². The molecule has 0 bridgehead atoms. The van der Waals surface area contributed by atoms with Crippen LogP contribution in [0.25, 0.3) is 0 Å². The molecule has 1 aliphatic carbocycles. The number of carbonyl (C=O) groups is 2. The van der Waals surface area contributed by atoms with Crippen molar-refractivity contribution in [2.75, 3.05) is 5.32 Å². The number of benzene rings is 2. The Balaban J connectivity index is 1.79. The number of hydrogen-bond acceptors (Lipinski definition) is 3. The van der Waals surface area contributed by atoms with E-state index in [1.165, 1.54) is 0 Å². The predicted octanol–water partition coefficient (Wildman–Crippen LogP) is 6.78. The molecule has 2 aromatic carbocycles. The monoisotopic (exact) mass is 478 g/mol. The van der Waals surface area contributed by atoms with Gasteiger partial charge in [-0.05, 0) is 80.8 Å². The van der Waals surface area contributed by atoms with Gasteiger partial charge in [0.25, 0.3) is 5.91 Å². The normalized spacial score (nSPS) is 20.1. The molecule has 1 aliphatic rings. The van der Waals surface area contributed by atoms with Crippen LogP contribution in [-0.4, -0.2) is 22.3 Å². The van der Waals surface area contributed by atoms with Gasteiger partial charge in [-0.25, -0.2) is 0 Å². The molecule has 0 saturated heterocycles. The Bertz CT molecular complexity index is 1140. The molecule has 1 saturated carbocycles. The van der Waals surface area contributed by atoms with Crippen molar-refractivity contribution in [2.45, 2.75) is 58.5 Å². The number of halogens is 1. The first kappa shape index (κ1) is 24.1. The number of para-hydroxylation sites is 1. The Morgan fingerprint density at radius 2 is 1.71 bits per heavy atom. The Labute approximate surface area is 206 Å². The molecule has 0 radical (unpaired) electrons. The van der Waals surface area contributed by atoms with Crippen LogP contribution in [0.2, 0.25) is 5.02 Å². The molecule has 1 aromatic heterocycles. The minimum Gasteiger partial charge on any atom is -0.467 e. The smallest absolute Gasteiger partial charge is 0.256 e. The summed E-state index contributed by atoms with van der Waals surface area (Å²) in [6.07, 6.45) is 4.43. The maximum absolute atomic E-state index is 14.1. The minimum absolute atomic E-state index is 0.163. The van der Waals surface area contributed by atoms with E-state index in [-0.39, 0.29) is 18.4 Å². The van der Waals surface area contributed by atoms with E-state index in [9.17, 15) is 9.59 Å². The standard InChI is InChI=1S/C28H31ClN2O3/c1-19-13-15-28(16-14-19,27(33)30-25-20(2)8-6-9-21(25)3)31(18-22-10-7-17-34-22)26(32)23-11-4-5-12-24(23)29/h4-12,17,19H,13-16,18H2,1-3H3,(H,30,33). The van der Waals surface area contributed by atoms with E-state index >= 15 is 0 Å². The fourth-order valence-electron chi connectivity index (χ4n) is 4.86. The summed E-state index contributed by atoms with van der Waals surface area (Å²) in [5, 5.41) is 3.56. The first-order valence-corrected chi connectivity index (χ1v) is 12.2. The summed E-state index contributed by atoms with van der Waals surface area (Å²) in [7, 11) is 0. The molecule has 2 amide bonds. The number of hydrogen-bond donors (Lipinski definition) is 1. The first-order valence-electron chi connectivity index (χ1n) is 11.8. The van der Waals surface area contributed by atoms with Gasteiger partial charge >= 0.3 is 0 Å². The zero-order chi connectivity index (χ0) is 24.3. The molecule has 1 heterocycles. The maximum Gasteiger partial charge on any atom is 0.256 e. The van der Waals surface area contributed by atoms with E-state index in [0.29, 0.717) is 35.1 Å². The van der Waals surface area contributed by atoms with Crippen molar-refractivity contribution < 1.29 is 14.0 Å². The van der Waals surface area contributed by atoms with E-state index in [4.69, 9.17) is 16.0 Å². The molecule has 34 heavy (non-hydrogen) atoms. The largest absolute Gasteiger partial charge is 0.467 e.